The molecule has 0 saturated carbocycles. The van der Waals surface area contributed by atoms with Gasteiger partial charge in [0.05, 0.1) is 37.6 Å². The Balaban J connectivity index is 1.50. The van der Waals surface area contributed by atoms with E-state index in [2.05, 4.69) is 0 Å². The van der Waals surface area contributed by atoms with Crippen molar-refractivity contribution >= 4 is 0 Å². The first-order valence-electron chi connectivity index (χ1n) is 5.33. The zero-order chi connectivity index (χ0) is 9.97. The zero-order valence-corrected chi connectivity index (χ0v) is 8.26. The molecule has 14 heavy (non-hydrogen) atoms. The summed E-state index contributed by atoms with van der Waals surface area (Å²) in [7, 11) is 0. The van der Waals surface area contributed by atoms with Crippen LogP contribution in [0, 0.1) is 0 Å². The van der Waals surface area contributed by atoms with Crippen molar-refractivity contribution in [1.82, 2.24) is 0 Å². The average molecular weight is 202 g/mol. The predicted molar refractivity (Wildman–Crippen MR) is 50.0 cm³/mol. The molecular formula is C10H18O4. The van der Waals surface area contributed by atoms with Crippen molar-refractivity contribution in [2.24, 2.45) is 0 Å². The van der Waals surface area contributed by atoms with Gasteiger partial charge in [-0.3, -0.25) is 0 Å². The number of hydrogen-bond donors (Lipinski definition) is 2. The molecule has 0 aromatic rings. The van der Waals surface area contributed by atoms with E-state index >= 15 is 0 Å². The van der Waals surface area contributed by atoms with E-state index in [4.69, 9.17) is 9.47 Å². The molecule has 2 saturated heterocycles. The fourth-order valence-electron chi connectivity index (χ4n) is 1.64. The first kappa shape index (κ1) is 10.4. The van der Waals surface area contributed by atoms with Crippen molar-refractivity contribution in [1.29, 1.82) is 0 Å². The molecule has 2 fully saturated rings. The van der Waals surface area contributed by atoms with Crippen LogP contribution in [0.4, 0.5) is 0 Å². The van der Waals surface area contributed by atoms with Crippen LogP contribution in [0.15, 0.2) is 0 Å². The molecule has 0 aliphatic carbocycles. The molecule has 2 aliphatic rings. The van der Waals surface area contributed by atoms with E-state index in [-0.39, 0.29) is 24.4 Å². The van der Waals surface area contributed by atoms with Crippen LogP contribution in [0.5, 0.6) is 0 Å². The Morgan fingerprint density at radius 3 is 1.57 bits per heavy atom. The molecule has 0 bridgehead atoms. The quantitative estimate of drug-likeness (QED) is 0.573. The van der Waals surface area contributed by atoms with Crippen LogP contribution in [0.25, 0.3) is 0 Å². The normalized spacial score (nSPS) is 33.9. The Morgan fingerprint density at radius 1 is 0.929 bits per heavy atom. The fourth-order valence-corrected chi connectivity index (χ4v) is 1.64. The zero-order valence-electron chi connectivity index (χ0n) is 8.26. The molecule has 4 atom stereocenters. The van der Waals surface area contributed by atoms with E-state index in [0.29, 0.717) is 25.7 Å². The third-order valence-electron chi connectivity index (χ3n) is 2.71. The number of ether oxygens (including phenoxy) is 2. The van der Waals surface area contributed by atoms with Gasteiger partial charge < -0.3 is 19.7 Å². The summed E-state index contributed by atoms with van der Waals surface area (Å²) in [6.07, 6.45) is 2.65. The first-order chi connectivity index (χ1) is 6.74. The topological polar surface area (TPSA) is 65.5 Å². The summed E-state index contributed by atoms with van der Waals surface area (Å²) in [5.41, 5.74) is 0. The Labute approximate surface area is 83.8 Å². The van der Waals surface area contributed by atoms with Gasteiger partial charge in [-0.1, -0.05) is 0 Å². The monoisotopic (exact) mass is 202 g/mol. The smallest absolute Gasteiger partial charge is 0.0834 e. The lowest BCUT2D eigenvalue weighted by atomic mass is 10.0. The van der Waals surface area contributed by atoms with Crippen molar-refractivity contribution in [2.45, 2.75) is 50.1 Å². The Morgan fingerprint density at radius 2 is 1.29 bits per heavy atom. The van der Waals surface area contributed by atoms with E-state index in [1.165, 1.54) is 0 Å². The minimum absolute atomic E-state index is 0.272. The second-order valence-electron chi connectivity index (χ2n) is 4.27. The van der Waals surface area contributed by atoms with Crippen molar-refractivity contribution in [3.8, 4) is 0 Å². The molecule has 4 heteroatoms. The molecule has 0 radical (unpaired) electrons. The van der Waals surface area contributed by atoms with E-state index in [1.807, 2.05) is 0 Å². The second kappa shape index (κ2) is 4.57. The van der Waals surface area contributed by atoms with Gasteiger partial charge in [-0.25, -0.2) is 0 Å². The summed E-state index contributed by atoms with van der Waals surface area (Å²) >= 11 is 0. The minimum atomic E-state index is -0.322. The van der Waals surface area contributed by atoms with Crippen LogP contribution < -0.4 is 0 Å². The number of rotatable bonds is 7. The van der Waals surface area contributed by atoms with Gasteiger partial charge in [-0.2, -0.15) is 0 Å². The van der Waals surface area contributed by atoms with Crippen LogP contribution in [-0.2, 0) is 9.47 Å². The second-order valence-corrected chi connectivity index (χ2v) is 4.27. The highest BCUT2D eigenvalue weighted by Crippen LogP contribution is 2.21. The van der Waals surface area contributed by atoms with Crippen LogP contribution in [-0.4, -0.2) is 47.8 Å². The summed E-state index contributed by atoms with van der Waals surface area (Å²) in [6.45, 7) is 1.57. The van der Waals surface area contributed by atoms with E-state index in [9.17, 15) is 10.2 Å². The van der Waals surface area contributed by atoms with Crippen molar-refractivity contribution in [3.05, 3.63) is 0 Å². The summed E-state index contributed by atoms with van der Waals surface area (Å²) in [6, 6.07) is 0. The SMILES string of the molecule is OC(CCC(O)CC1CO1)CC1CO1. The Bertz CT molecular complexity index is 157. The van der Waals surface area contributed by atoms with Gasteiger partial charge in [-0.05, 0) is 12.8 Å². The molecule has 0 aromatic carbocycles. The Hall–Kier alpha value is -0.160. The molecular weight excluding hydrogens is 184 g/mol. The molecule has 4 nitrogen and oxygen atoms in total. The van der Waals surface area contributed by atoms with Crippen LogP contribution in [0.3, 0.4) is 0 Å². The molecule has 0 aromatic heterocycles. The molecule has 2 rings (SSSR count). The number of aliphatic hydroxyl groups excluding tert-OH is 2. The maximum Gasteiger partial charge on any atom is 0.0834 e. The minimum Gasteiger partial charge on any atom is -0.393 e. The van der Waals surface area contributed by atoms with E-state index < -0.39 is 0 Å². The molecule has 4 unspecified atom stereocenters. The maximum atomic E-state index is 9.54. The lowest BCUT2D eigenvalue weighted by Crippen LogP contribution is -2.16. The maximum absolute atomic E-state index is 9.54. The highest BCUT2D eigenvalue weighted by Gasteiger charge is 2.28. The predicted octanol–water partition coefficient (Wildman–Crippen LogP) is 0.0662. The summed E-state index contributed by atoms with van der Waals surface area (Å²) in [5, 5.41) is 19.1. The van der Waals surface area contributed by atoms with Gasteiger partial charge in [0.1, 0.15) is 0 Å². The van der Waals surface area contributed by atoms with Crippen LogP contribution in [0.1, 0.15) is 25.7 Å². The number of hydrogen-bond acceptors (Lipinski definition) is 4. The Kier molecular flexibility index (Phi) is 3.38. The summed E-state index contributed by atoms with van der Waals surface area (Å²) < 4.78 is 10.0. The molecule has 2 heterocycles. The fraction of sp³-hybridized carbons (Fsp3) is 1.00. The lowest BCUT2D eigenvalue weighted by Gasteiger charge is -2.12. The lowest BCUT2D eigenvalue weighted by molar-refractivity contribution is 0.0946. The summed E-state index contributed by atoms with van der Waals surface area (Å²) in [5.74, 6) is 0. The van der Waals surface area contributed by atoms with E-state index in [1.54, 1.807) is 0 Å². The highest BCUT2D eigenvalue weighted by molar-refractivity contribution is 4.77. The first-order valence-corrected chi connectivity index (χ1v) is 5.33. The van der Waals surface area contributed by atoms with Gasteiger partial charge in [-0.15, -0.1) is 0 Å². The molecule has 0 amide bonds. The van der Waals surface area contributed by atoms with E-state index in [0.717, 1.165) is 13.2 Å². The standard InChI is InChI=1S/C10H18O4/c11-7(3-9-5-13-9)1-2-8(12)4-10-6-14-10/h7-12H,1-6H2. The average Bonchev–Trinajstić information content (AvgIpc) is 2.96. The van der Waals surface area contributed by atoms with Gasteiger partial charge in [0.2, 0.25) is 0 Å². The van der Waals surface area contributed by atoms with Crippen molar-refractivity contribution in [3.63, 3.8) is 0 Å². The molecule has 2 aliphatic heterocycles. The third kappa shape index (κ3) is 3.92. The van der Waals surface area contributed by atoms with Gasteiger partial charge in [0.25, 0.3) is 0 Å². The number of epoxide rings is 2. The molecule has 2 N–H and O–H groups in total. The largest absolute Gasteiger partial charge is 0.393 e. The summed E-state index contributed by atoms with van der Waals surface area (Å²) in [4.78, 5) is 0. The molecule has 82 valence electrons. The highest BCUT2D eigenvalue weighted by atomic mass is 16.6. The van der Waals surface area contributed by atoms with Gasteiger partial charge in [0, 0.05) is 12.8 Å². The van der Waals surface area contributed by atoms with Crippen molar-refractivity contribution in [2.75, 3.05) is 13.2 Å². The van der Waals surface area contributed by atoms with Gasteiger partial charge in [0.15, 0.2) is 0 Å². The van der Waals surface area contributed by atoms with Crippen molar-refractivity contribution < 1.29 is 19.7 Å². The number of aliphatic hydroxyl groups is 2. The third-order valence-corrected chi connectivity index (χ3v) is 2.71. The van der Waals surface area contributed by atoms with Gasteiger partial charge >= 0.3 is 0 Å². The van der Waals surface area contributed by atoms with Crippen LogP contribution in [0.2, 0.25) is 0 Å². The molecule has 0 spiro atoms. The van der Waals surface area contributed by atoms with Crippen LogP contribution >= 0.6 is 0 Å².